The van der Waals surface area contributed by atoms with Gasteiger partial charge in [0.25, 0.3) is 0 Å². The Labute approximate surface area is 96.6 Å². The lowest BCUT2D eigenvalue weighted by atomic mass is 9.85. The number of aromatic nitrogens is 3. The Morgan fingerprint density at radius 3 is 3.00 bits per heavy atom. The summed E-state index contributed by atoms with van der Waals surface area (Å²) in [5, 5.41) is 5.51. The molecule has 0 radical (unpaired) electrons. The molecule has 78 valence electrons. The monoisotopic (exact) mass is 265 g/mol. The van der Waals surface area contributed by atoms with Crippen molar-refractivity contribution in [3.8, 4) is 0 Å². The highest BCUT2D eigenvalue weighted by molar-refractivity contribution is 9.10. The van der Waals surface area contributed by atoms with E-state index >= 15 is 0 Å². The van der Waals surface area contributed by atoms with Crippen molar-refractivity contribution in [1.29, 1.82) is 0 Å². The van der Waals surface area contributed by atoms with E-state index in [1.165, 1.54) is 19.3 Å². The Hall–Kier alpha value is -0.900. The minimum Gasteiger partial charge on any atom is -0.247 e. The summed E-state index contributed by atoms with van der Waals surface area (Å²) in [6, 6.07) is 2.06. The van der Waals surface area contributed by atoms with Crippen LogP contribution in [0.15, 0.2) is 22.9 Å². The topological polar surface area (TPSA) is 30.7 Å². The molecule has 0 unspecified atom stereocenters. The first-order valence-corrected chi connectivity index (χ1v) is 6.09. The lowest BCUT2D eigenvalue weighted by Crippen LogP contribution is -2.18. The molecule has 0 aliphatic heterocycles. The molecule has 2 heterocycles. The van der Waals surface area contributed by atoms with Gasteiger partial charge < -0.3 is 0 Å². The predicted molar refractivity (Wildman–Crippen MR) is 62.6 cm³/mol. The summed E-state index contributed by atoms with van der Waals surface area (Å²) in [6.07, 6.45) is 7.80. The number of hydrogen-bond donors (Lipinski definition) is 0. The molecule has 2 aromatic heterocycles. The Balaban J connectivity index is 1.96. The highest BCUT2D eigenvalue weighted by Crippen LogP contribution is 2.28. The Morgan fingerprint density at radius 1 is 1.40 bits per heavy atom. The van der Waals surface area contributed by atoms with E-state index in [0.717, 1.165) is 28.0 Å². The quantitative estimate of drug-likeness (QED) is 0.836. The first-order chi connectivity index (χ1) is 7.33. The minimum atomic E-state index is 0.818. The number of rotatable bonds is 2. The van der Waals surface area contributed by atoms with Crippen LogP contribution in [0, 0.1) is 5.92 Å². The molecule has 4 heteroatoms. The van der Waals surface area contributed by atoms with Gasteiger partial charge in [-0.3, -0.25) is 0 Å². The van der Waals surface area contributed by atoms with Crippen LogP contribution in [0.1, 0.15) is 19.3 Å². The summed E-state index contributed by atoms with van der Waals surface area (Å²) in [6.45, 7) is 1.03. The summed E-state index contributed by atoms with van der Waals surface area (Å²) in [4.78, 5) is 4.41. The first-order valence-electron chi connectivity index (χ1n) is 5.30. The van der Waals surface area contributed by atoms with Crippen LogP contribution in [0.4, 0.5) is 0 Å². The van der Waals surface area contributed by atoms with Gasteiger partial charge in [0.2, 0.25) is 0 Å². The third-order valence-corrected chi connectivity index (χ3v) is 3.53. The molecular formula is C11H12BrN3. The summed E-state index contributed by atoms with van der Waals surface area (Å²) in [5.74, 6) is 0.818. The van der Waals surface area contributed by atoms with E-state index in [4.69, 9.17) is 0 Å². The molecule has 1 fully saturated rings. The molecule has 0 atom stereocenters. The van der Waals surface area contributed by atoms with E-state index in [9.17, 15) is 0 Å². The SMILES string of the molecule is Brc1cnc2c(cnn2CC2CCC2)c1. The standard InChI is InChI=1S/C11H12BrN3/c12-10-4-9-5-14-15(11(9)13-6-10)7-8-2-1-3-8/h4-6,8H,1-3,7H2. The van der Waals surface area contributed by atoms with Gasteiger partial charge in [0, 0.05) is 22.6 Å². The van der Waals surface area contributed by atoms with Crippen LogP contribution in [0.25, 0.3) is 11.0 Å². The van der Waals surface area contributed by atoms with Crippen LogP contribution in [0.5, 0.6) is 0 Å². The number of pyridine rings is 1. The van der Waals surface area contributed by atoms with Crippen LogP contribution in [-0.4, -0.2) is 14.8 Å². The maximum Gasteiger partial charge on any atom is 0.157 e. The first kappa shape index (κ1) is 9.33. The fraction of sp³-hybridized carbons (Fsp3) is 0.455. The zero-order valence-electron chi connectivity index (χ0n) is 8.36. The number of hydrogen-bond acceptors (Lipinski definition) is 2. The fourth-order valence-corrected chi connectivity index (χ4v) is 2.35. The molecule has 1 saturated carbocycles. The molecule has 15 heavy (non-hydrogen) atoms. The molecule has 0 aromatic carbocycles. The molecule has 0 saturated heterocycles. The average molecular weight is 266 g/mol. The van der Waals surface area contributed by atoms with Crippen LogP contribution < -0.4 is 0 Å². The fourth-order valence-electron chi connectivity index (χ4n) is 2.00. The number of halogens is 1. The van der Waals surface area contributed by atoms with Gasteiger partial charge in [0.05, 0.1) is 6.20 Å². The van der Waals surface area contributed by atoms with Crippen molar-refractivity contribution in [2.45, 2.75) is 25.8 Å². The summed E-state index contributed by atoms with van der Waals surface area (Å²) < 4.78 is 3.05. The van der Waals surface area contributed by atoms with Crippen LogP contribution in [0.3, 0.4) is 0 Å². The van der Waals surface area contributed by atoms with E-state index < -0.39 is 0 Å². The van der Waals surface area contributed by atoms with Gasteiger partial charge in [0.1, 0.15) is 0 Å². The van der Waals surface area contributed by atoms with Crippen molar-refractivity contribution >= 4 is 27.0 Å². The van der Waals surface area contributed by atoms with E-state index in [2.05, 4.69) is 32.1 Å². The number of nitrogens with zero attached hydrogens (tertiary/aromatic N) is 3. The maximum absolute atomic E-state index is 4.41. The second-order valence-corrected chi connectivity index (χ2v) is 5.11. The Bertz CT molecular complexity index is 488. The second kappa shape index (κ2) is 3.59. The molecule has 3 rings (SSSR count). The minimum absolute atomic E-state index is 0.818. The van der Waals surface area contributed by atoms with Crippen molar-refractivity contribution < 1.29 is 0 Å². The molecule has 1 aliphatic carbocycles. The van der Waals surface area contributed by atoms with E-state index in [1.807, 2.05) is 17.1 Å². The van der Waals surface area contributed by atoms with Crippen molar-refractivity contribution in [1.82, 2.24) is 14.8 Å². The molecule has 0 N–H and O–H groups in total. The summed E-state index contributed by atoms with van der Waals surface area (Å²) in [7, 11) is 0. The lowest BCUT2D eigenvalue weighted by Gasteiger charge is -2.24. The highest BCUT2D eigenvalue weighted by Gasteiger charge is 2.19. The van der Waals surface area contributed by atoms with Crippen molar-refractivity contribution in [3.05, 3.63) is 22.9 Å². The average Bonchev–Trinajstić information content (AvgIpc) is 2.54. The molecular weight excluding hydrogens is 254 g/mol. The van der Waals surface area contributed by atoms with Crippen LogP contribution in [-0.2, 0) is 6.54 Å². The molecule has 3 nitrogen and oxygen atoms in total. The van der Waals surface area contributed by atoms with Gasteiger partial charge in [-0.05, 0) is 40.8 Å². The van der Waals surface area contributed by atoms with Gasteiger partial charge in [-0.1, -0.05) is 6.42 Å². The smallest absolute Gasteiger partial charge is 0.157 e. The van der Waals surface area contributed by atoms with Gasteiger partial charge in [-0.25, -0.2) is 9.67 Å². The number of fused-ring (bicyclic) bond motifs is 1. The van der Waals surface area contributed by atoms with Gasteiger partial charge in [-0.15, -0.1) is 0 Å². The summed E-state index contributed by atoms with van der Waals surface area (Å²) in [5.41, 5.74) is 1.00. The highest BCUT2D eigenvalue weighted by atomic mass is 79.9. The Morgan fingerprint density at radius 2 is 2.27 bits per heavy atom. The molecule has 0 spiro atoms. The Kier molecular flexibility index (Phi) is 2.24. The zero-order chi connectivity index (χ0) is 10.3. The van der Waals surface area contributed by atoms with Crippen LogP contribution in [0.2, 0.25) is 0 Å². The lowest BCUT2D eigenvalue weighted by molar-refractivity contribution is 0.269. The normalized spacial score (nSPS) is 16.9. The van der Waals surface area contributed by atoms with Crippen molar-refractivity contribution in [3.63, 3.8) is 0 Å². The summed E-state index contributed by atoms with van der Waals surface area (Å²) >= 11 is 3.42. The largest absolute Gasteiger partial charge is 0.247 e. The van der Waals surface area contributed by atoms with Gasteiger partial charge >= 0.3 is 0 Å². The van der Waals surface area contributed by atoms with Crippen LogP contribution >= 0.6 is 15.9 Å². The van der Waals surface area contributed by atoms with Gasteiger partial charge in [-0.2, -0.15) is 5.10 Å². The zero-order valence-corrected chi connectivity index (χ0v) is 9.94. The third kappa shape index (κ3) is 1.67. The molecule has 1 aliphatic rings. The maximum atomic E-state index is 4.41. The van der Waals surface area contributed by atoms with Crippen molar-refractivity contribution in [2.24, 2.45) is 5.92 Å². The second-order valence-electron chi connectivity index (χ2n) is 4.19. The predicted octanol–water partition coefficient (Wildman–Crippen LogP) is 2.99. The third-order valence-electron chi connectivity index (χ3n) is 3.10. The van der Waals surface area contributed by atoms with Gasteiger partial charge in [0.15, 0.2) is 5.65 Å². The van der Waals surface area contributed by atoms with E-state index in [-0.39, 0.29) is 0 Å². The van der Waals surface area contributed by atoms with Crippen molar-refractivity contribution in [2.75, 3.05) is 0 Å². The van der Waals surface area contributed by atoms with E-state index in [1.54, 1.807) is 0 Å². The molecule has 0 amide bonds. The molecule has 2 aromatic rings. The van der Waals surface area contributed by atoms with E-state index in [0.29, 0.717) is 0 Å². The molecule has 0 bridgehead atoms.